The van der Waals surface area contributed by atoms with Crippen LogP contribution in [0.2, 0.25) is 0 Å². The van der Waals surface area contributed by atoms with Gasteiger partial charge in [-0.3, -0.25) is 9.59 Å². The lowest BCUT2D eigenvalue weighted by molar-refractivity contribution is -0.138. The Balaban J connectivity index is 1.32. The maximum absolute atomic E-state index is 13.4. The minimum absolute atomic E-state index is 0.0593. The first-order valence-corrected chi connectivity index (χ1v) is 10.3. The van der Waals surface area contributed by atoms with Crippen molar-refractivity contribution in [2.45, 2.75) is 30.7 Å². The molecule has 7 nitrogen and oxygen atoms in total. The van der Waals surface area contributed by atoms with E-state index in [-0.39, 0.29) is 23.9 Å². The summed E-state index contributed by atoms with van der Waals surface area (Å²) in [5, 5.41) is 0. The summed E-state index contributed by atoms with van der Waals surface area (Å²) in [6.45, 7) is 1.04. The zero-order valence-electron chi connectivity index (χ0n) is 16.7. The van der Waals surface area contributed by atoms with Gasteiger partial charge in [-0.2, -0.15) is 0 Å². The number of benzene rings is 2. The smallest absolute Gasteiger partial charge is 0.254 e. The number of aryl methyl sites for hydroxylation is 1. The van der Waals surface area contributed by atoms with Crippen LogP contribution in [0.1, 0.15) is 34.8 Å². The molecule has 0 bridgehead atoms. The lowest BCUT2D eigenvalue weighted by Gasteiger charge is -2.33. The highest BCUT2D eigenvalue weighted by Crippen LogP contribution is 2.51. The molecule has 4 heterocycles. The van der Waals surface area contributed by atoms with Crippen LogP contribution in [0.25, 0.3) is 11.0 Å². The molecular formula is C23H22N4O3. The molecular weight excluding hydrogens is 380 g/mol. The van der Waals surface area contributed by atoms with Gasteiger partial charge < -0.3 is 19.1 Å². The molecule has 0 saturated carbocycles. The summed E-state index contributed by atoms with van der Waals surface area (Å²) in [5.74, 6) is -0.00475. The van der Waals surface area contributed by atoms with E-state index in [1.165, 1.54) is 0 Å². The summed E-state index contributed by atoms with van der Waals surface area (Å²) >= 11 is 0. The molecule has 1 spiro atoms. The Hall–Kier alpha value is -3.19. The predicted molar refractivity (Wildman–Crippen MR) is 109 cm³/mol. The number of aromatic nitrogens is 2. The number of imidazole rings is 1. The van der Waals surface area contributed by atoms with Crippen LogP contribution in [0.15, 0.2) is 54.9 Å². The minimum Gasteiger partial charge on any atom is -0.351 e. The van der Waals surface area contributed by atoms with Crippen molar-refractivity contribution in [1.82, 2.24) is 19.4 Å². The fraction of sp³-hybridized carbons (Fsp3) is 0.348. The third-order valence-corrected chi connectivity index (χ3v) is 6.87. The van der Waals surface area contributed by atoms with Gasteiger partial charge in [0.25, 0.3) is 5.91 Å². The average molecular weight is 402 g/mol. The van der Waals surface area contributed by atoms with E-state index in [1.807, 2.05) is 69.9 Å². The van der Waals surface area contributed by atoms with Crippen molar-refractivity contribution in [3.05, 3.63) is 66.0 Å². The van der Waals surface area contributed by atoms with Crippen LogP contribution in [0, 0.1) is 0 Å². The zero-order chi connectivity index (χ0) is 20.5. The number of hydrogen-bond acceptors (Lipinski definition) is 4. The summed E-state index contributed by atoms with van der Waals surface area (Å²) in [4.78, 5) is 34.5. The first-order valence-electron chi connectivity index (χ1n) is 10.3. The maximum Gasteiger partial charge on any atom is 0.254 e. The molecule has 3 aliphatic heterocycles. The summed E-state index contributed by atoms with van der Waals surface area (Å²) in [6, 6.07) is 15.2. The molecule has 7 heteroatoms. The molecule has 3 fully saturated rings. The topological polar surface area (TPSA) is 67.7 Å². The van der Waals surface area contributed by atoms with Crippen molar-refractivity contribution in [1.29, 1.82) is 0 Å². The fourth-order valence-corrected chi connectivity index (χ4v) is 5.44. The molecule has 3 aliphatic rings. The lowest BCUT2D eigenvalue weighted by Crippen LogP contribution is -2.49. The molecule has 3 atom stereocenters. The van der Waals surface area contributed by atoms with Gasteiger partial charge in [0.1, 0.15) is 0 Å². The van der Waals surface area contributed by atoms with Crippen molar-refractivity contribution in [3.8, 4) is 0 Å². The average Bonchev–Trinajstić information content (AvgIpc) is 3.49. The third kappa shape index (κ3) is 2.26. The molecule has 0 radical (unpaired) electrons. The predicted octanol–water partition coefficient (Wildman–Crippen LogP) is 2.49. The lowest BCUT2D eigenvalue weighted by atomic mass is 10.0. The first-order chi connectivity index (χ1) is 14.6. The number of ether oxygens (including phenoxy) is 1. The van der Waals surface area contributed by atoms with Crippen LogP contribution < -0.4 is 0 Å². The van der Waals surface area contributed by atoms with Crippen molar-refractivity contribution in [2.24, 2.45) is 7.05 Å². The van der Waals surface area contributed by atoms with Crippen molar-refractivity contribution in [2.75, 3.05) is 13.2 Å². The number of fused-ring (bicyclic) bond motifs is 1. The molecule has 6 rings (SSSR count). The van der Waals surface area contributed by atoms with Crippen LogP contribution in [0.5, 0.6) is 0 Å². The van der Waals surface area contributed by atoms with Gasteiger partial charge in [0.15, 0.2) is 5.72 Å². The summed E-state index contributed by atoms with van der Waals surface area (Å²) in [5.41, 5.74) is 2.75. The molecule has 152 valence electrons. The molecule has 0 N–H and O–H groups in total. The second kappa shape index (κ2) is 6.15. The van der Waals surface area contributed by atoms with E-state index in [0.717, 1.165) is 16.6 Å². The van der Waals surface area contributed by atoms with E-state index < -0.39 is 5.72 Å². The molecule has 2 aromatic carbocycles. The molecule has 3 aromatic rings. The van der Waals surface area contributed by atoms with Gasteiger partial charge in [-0.05, 0) is 23.8 Å². The number of amides is 2. The highest BCUT2D eigenvalue weighted by atomic mass is 16.5. The van der Waals surface area contributed by atoms with Gasteiger partial charge in [-0.1, -0.05) is 30.3 Å². The van der Waals surface area contributed by atoms with E-state index in [4.69, 9.17) is 4.74 Å². The SMILES string of the molecule is Cn1cnc2cc(C(=O)N3CC[C@@]45OC[C@@H](c6ccccc6)N4C(=O)C[C@@H]35)ccc21. The van der Waals surface area contributed by atoms with E-state index in [2.05, 4.69) is 4.98 Å². The van der Waals surface area contributed by atoms with Crippen molar-refractivity contribution >= 4 is 22.8 Å². The maximum atomic E-state index is 13.4. The second-order valence-corrected chi connectivity index (χ2v) is 8.37. The number of likely N-dealkylation sites (tertiary alicyclic amines) is 1. The largest absolute Gasteiger partial charge is 0.351 e. The van der Waals surface area contributed by atoms with Gasteiger partial charge in [0, 0.05) is 25.6 Å². The van der Waals surface area contributed by atoms with E-state index in [0.29, 0.717) is 31.6 Å². The molecule has 2 amide bonds. The summed E-state index contributed by atoms with van der Waals surface area (Å²) in [6.07, 6.45) is 2.69. The quantitative estimate of drug-likeness (QED) is 0.661. The van der Waals surface area contributed by atoms with Gasteiger partial charge in [-0.25, -0.2) is 4.98 Å². The van der Waals surface area contributed by atoms with Crippen LogP contribution >= 0.6 is 0 Å². The van der Waals surface area contributed by atoms with E-state index >= 15 is 0 Å². The van der Waals surface area contributed by atoms with Crippen molar-refractivity contribution < 1.29 is 14.3 Å². The Kier molecular flexibility index (Phi) is 3.62. The zero-order valence-corrected chi connectivity index (χ0v) is 16.7. The van der Waals surface area contributed by atoms with Gasteiger partial charge in [0.05, 0.1) is 42.5 Å². The molecule has 0 aliphatic carbocycles. The van der Waals surface area contributed by atoms with Gasteiger partial charge in [0.2, 0.25) is 5.91 Å². The van der Waals surface area contributed by atoms with Gasteiger partial charge >= 0.3 is 0 Å². The Morgan fingerprint density at radius 3 is 2.87 bits per heavy atom. The summed E-state index contributed by atoms with van der Waals surface area (Å²) in [7, 11) is 1.93. The first kappa shape index (κ1) is 17.7. The molecule has 0 unspecified atom stereocenters. The molecule has 1 aromatic heterocycles. The highest BCUT2D eigenvalue weighted by molar-refractivity contribution is 5.98. The number of hydrogen-bond donors (Lipinski definition) is 0. The standard InChI is InChI=1S/C23H22N4O3/c1-25-14-24-17-11-16(7-8-18(17)25)22(29)26-10-9-23-20(26)12-21(28)27(23)19(13-30-23)15-5-3-2-4-6-15/h2-8,11,14,19-20H,9-10,12-13H2,1H3/t19-,20+,23-/m0/s1. The normalized spacial score (nSPS) is 27.7. The Bertz CT molecular complexity index is 1170. The number of rotatable bonds is 2. The Labute approximate surface area is 173 Å². The second-order valence-electron chi connectivity index (χ2n) is 8.37. The van der Waals surface area contributed by atoms with Crippen LogP contribution in [-0.4, -0.2) is 56.1 Å². The van der Waals surface area contributed by atoms with Crippen LogP contribution in [-0.2, 0) is 16.6 Å². The number of carbonyl (C=O) groups excluding carboxylic acids is 2. The fourth-order valence-electron chi connectivity index (χ4n) is 5.44. The molecule has 30 heavy (non-hydrogen) atoms. The number of nitrogens with zero attached hydrogens (tertiary/aromatic N) is 4. The monoisotopic (exact) mass is 402 g/mol. The minimum atomic E-state index is -0.706. The number of carbonyl (C=O) groups is 2. The van der Waals surface area contributed by atoms with Crippen LogP contribution in [0.3, 0.4) is 0 Å². The third-order valence-electron chi connectivity index (χ3n) is 6.87. The Morgan fingerprint density at radius 2 is 2.03 bits per heavy atom. The van der Waals surface area contributed by atoms with E-state index in [9.17, 15) is 9.59 Å². The van der Waals surface area contributed by atoms with Crippen LogP contribution in [0.4, 0.5) is 0 Å². The van der Waals surface area contributed by atoms with E-state index in [1.54, 1.807) is 6.33 Å². The summed E-state index contributed by atoms with van der Waals surface area (Å²) < 4.78 is 8.24. The highest BCUT2D eigenvalue weighted by Gasteiger charge is 2.65. The Morgan fingerprint density at radius 1 is 1.20 bits per heavy atom. The van der Waals surface area contributed by atoms with Crippen molar-refractivity contribution in [3.63, 3.8) is 0 Å². The van der Waals surface area contributed by atoms with Gasteiger partial charge in [-0.15, -0.1) is 0 Å². The molecule has 3 saturated heterocycles.